The van der Waals surface area contributed by atoms with E-state index < -0.39 is 28.5 Å². The zero-order valence-electron chi connectivity index (χ0n) is 26.1. The maximum absolute atomic E-state index is 14.2. The van der Waals surface area contributed by atoms with Crippen LogP contribution in [0, 0.1) is 6.92 Å². The molecule has 8 nitrogen and oxygen atoms in total. The van der Waals surface area contributed by atoms with Crippen LogP contribution in [0.25, 0.3) is 0 Å². The molecule has 4 aromatic carbocycles. The Hall–Kier alpha value is -4.63. The highest BCUT2D eigenvalue weighted by molar-refractivity contribution is 7.92. The average molecular weight is 628 g/mol. The van der Waals surface area contributed by atoms with Gasteiger partial charge < -0.3 is 15.0 Å². The summed E-state index contributed by atoms with van der Waals surface area (Å²) in [6, 6.07) is 31.3. The summed E-state index contributed by atoms with van der Waals surface area (Å²) < 4.78 is 35.2. The van der Waals surface area contributed by atoms with E-state index in [0.29, 0.717) is 36.6 Å². The summed E-state index contributed by atoms with van der Waals surface area (Å²) in [7, 11) is -4.16. The van der Waals surface area contributed by atoms with Gasteiger partial charge in [-0.1, -0.05) is 80.1 Å². The fraction of sp³-hybridized carbons (Fsp3) is 0.278. The molecule has 1 N–H and O–H groups in total. The van der Waals surface area contributed by atoms with E-state index in [0.717, 1.165) is 21.9 Å². The Morgan fingerprint density at radius 2 is 1.40 bits per heavy atom. The molecular formula is C36H41N3O5S. The van der Waals surface area contributed by atoms with Gasteiger partial charge in [-0.05, 0) is 80.3 Å². The fourth-order valence-electron chi connectivity index (χ4n) is 4.93. The molecule has 2 amide bonds. The van der Waals surface area contributed by atoms with Gasteiger partial charge in [-0.15, -0.1) is 0 Å². The molecule has 0 radical (unpaired) electrons. The maximum atomic E-state index is 14.2. The molecule has 0 unspecified atom stereocenters. The number of sulfonamides is 1. The van der Waals surface area contributed by atoms with Crippen LogP contribution in [0.3, 0.4) is 0 Å². The third-order valence-electron chi connectivity index (χ3n) is 7.41. The van der Waals surface area contributed by atoms with E-state index in [9.17, 15) is 18.0 Å². The molecule has 0 aliphatic heterocycles. The number of carbonyl (C=O) groups is 2. The SMILES string of the molecule is CCCNC(=O)[C@H](CC)N(CCc1ccccc1)C(=O)CN(c1ccc(Oc2ccccc2)cc1)S(=O)(=O)c1ccc(C)cc1. The highest BCUT2D eigenvalue weighted by atomic mass is 32.2. The Balaban J connectivity index is 1.68. The van der Waals surface area contributed by atoms with Crippen molar-refractivity contribution in [3.8, 4) is 11.5 Å². The van der Waals surface area contributed by atoms with Gasteiger partial charge >= 0.3 is 0 Å². The number of para-hydroxylation sites is 1. The Morgan fingerprint density at radius 3 is 2.00 bits per heavy atom. The number of benzene rings is 4. The van der Waals surface area contributed by atoms with E-state index in [2.05, 4.69) is 5.32 Å². The second-order valence-electron chi connectivity index (χ2n) is 10.8. The van der Waals surface area contributed by atoms with E-state index in [4.69, 9.17) is 4.74 Å². The largest absolute Gasteiger partial charge is 0.457 e. The summed E-state index contributed by atoms with van der Waals surface area (Å²) in [5, 5.41) is 2.91. The molecule has 0 heterocycles. The Kier molecular flexibility index (Phi) is 11.8. The molecule has 4 rings (SSSR count). The van der Waals surface area contributed by atoms with Gasteiger partial charge in [0.2, 0.25) is 11.8 Å². The molecule has 0 saturated heterocycles. The first-order valence-electron chi connectivity index (χ1n) is 15.3. The lowest BCUT2D eigenvalue weighted by molar-refractivity contribution is -0.139. The van der Waals surface area contributed by atoms with Gasteiger partial charge in [0.25, 0.3) is 10.0 Å². The van der Waals surface area contributed by atoms with Crippen molar-refractivity contribution in [3.63, 3.8) is 0 Å². The van der Waals surface area contributed by atoms with Crippen molar-refractivity contribution in [1.82, 2.24) is 10.2 Å². The molecule has 1 atom stereocenters. The van der Waals surface area contributed by atoms with E-state index >= 15 is 0 Å². The number of hydrogen-bond acceptors (Lipinski definition) is 5. The van der Waals surface area contributed by atoms with Crippen molar-refractivity contribution in [2.24, 2.45) is 0 Å². The first-order chi connectivity index (χ1) is 21.7. The number of rotatable bonds is 15. The minimum Gasteiger partial charge on any atom is -0.457 e. The number of amides is 2. The minimum atomic E-state index is -4.16. The fourth-order valence-corrected chi connectivity index (χ4v) is 6.35. The third kappa shape index (κ3) is 8.95. The second kappa shape index (κ2) is 15.9. The summed E-state index contributed by atoms with van der Waals surface area (Å²) in [5.41, 5.74) is 2.23. The van der Waals surface area contributed by atoms with Crippen molar-refractivity contribution in [1.29, 1.82) is 0 Å². The van der Waals surface area contributed by atoms with Gasteiger partial charge in [0.05, 0.1) is 10.6 Å². The van der Waals surface area contributed by atoms with E-state index in [1.54, 1.807) is 36.4 Å². The number of nitrogens with zero attached hydrogens (tertiary/aromatic N) is 2. The van der Waals surface area contributed by atoms with Gasteiger partial charge in [-0.3, -0.25) is 13.9 Å². The monoisotopic (exact) mass is 627 g/mol. The van der Waals surface area contributed by atoms with E-state index in [-0.39, 0.29) is 17.3 Å². The quantitative estimate of drug-likeness (QED) is 0.166. The Labute approximate surface area is 266 Å². The molecule has 0 bridgehead atoms. The van der Waals surface area contributed by atoms with Crippen LogP contribution >= 0.6 is 0 Å². The lowest BCUT2D eigenvalue weighted by atomic mass is 10.1. The smallest absolute Gasteiger partial charge is 0.264 e. The number of carbonyl (C=O) groups excluding carboxylic acids is 2. The minimum absolute atomic E-state index is 0.0640. The molecule has 4 aromatic rings. The first-order valence-corrected chi connectivity index (χ1v) is 16.7. The van der Waals surface area contributed by atoms with E-state index in [1.807, 2.05) is 81.4 Å². The van der Waals surface area contributed by atoms with Crippen molar-refractivity contribution in [3.05, 3.63) is 120 Å². The molecule has 0 aliphatic carbocycles. The highest BCUT2D eigenvalue weighted by Gasteiger charge is 2.33. The predicted octanol–water partition coefficient (Wildman–Crippen LogP) is 6.36. The van der Waals surface area contributed by atoms with Gasteiger partial charge in [-0.25, -0.2) is 8.42 Å². The van der Waals surface area contributed by atoms with Crippen LogP contribution in [-0.2, 0) is 26.0 Å². The summed E-state index contributed by atoms with van der Waals surface area (Å²) in [6.07, 6.45) is 1.65. The highest BCUT2D eigenvalue weighted by Crippen LogP contribution is 2.28. The molecule has 45 heavy (non-hydrogen) atoms. The molecule has 236 valence electrons. The normalized spacial score (nSPS) is 11.8. The molecular weight excluding hydrogens is 586 g/mol. The third-order valence-corrected chi connectivity index (χ3v) is 9.20. The van der Waals surface area contributed by atoms with Crippen LogP contribution in [0.4, 0.5) is 5.69 Å². The molecule has 0 aliphatic rings. The van der Waals surface area contributed by atoms with Gasteiger partial charge in [0, 0.05) is 13.1 Å². The van der Waals surface area contributed by atoms with Crippen LogP contribution in [0.1, 0.15) is 37.8 Å². The van der Waals surface area contributed by atoms with Gasteiger partial charge in [-0.2, -0.15) is 0 Å². The van der Waals surface area contributed by atoms with Crippen LogP contribution in [0.2, 0.25) is 0 Å². The number of anilines is 1. The van der Waals surface area contributed by atoms with Crippen molar-refractivity contribution < 1.29 is 22.7 Å². The summed E-state index contributed by atoms with van der Waals surface area (Å²) >= 11 is 0. The molecule has 0 aromatic heterocycles. The standard InChI is InChI=1S/C36H41N3O5S/c1-4-25-37-36(41)34(5-2)38(26-24-29-12-8-6-9-13-29)35(40)27-39(45(42,43)33-22-16-28(3)17-23-33)30-18-20-32(21-19-30)44-31-14-10-7-11-15-31/h6-23,34H,4-5,24-27H2,1-3H3,(H,37,41)/t34-/m0/s1. The summed E-state index contributed by atoms with van der Waals surface area (Å²) in [5.74, 6) is 0.443. The number of nitrogens with one attached hydrogen (secondary N) is 1. The van der Waals surface area contributed by atoms with Crippen molar-refractivity contribution >= 4 is 27.5 Å². The number of ether oxygens (including phenoxy) is 1. The maximum Gasteiger partial charge on any atom is 0.264 e. The molecule has 0 spiro atoms. The second-order valence-corrected chi connectivity index (χ2v) is 12.6. The van der Waals surface area contributed by atoms with Crippen LogP contribution in [0.15, 0.2) is 114 Å². The Morgan fingerprint density at radius 1 is 0.800 bits per heavy atom. The van der Waals surface area contributed by atoms with Crippen LogP contribution < -0.4 is 14.4 Å². The number of aryl methyl sites for hydroxylation is 1. The zero-order chi connectivity index (χ0) is 32.2. The summed E-state index contributed by atoms with van der Waals surface area (Å²) in [6.45, 7) is 5.95. The first kappa shape index (κ1) is 33.3. The van der Waals surface area contributed by atoms with Crippen molar-refractivity contribution in [2.45, 2.75) is 51.0 Å². The Bertz CT molecular complexity index is 1630. The summed E-state index contributed by atoms with van der Waals surface area (Å²) in [4.78, 5) is 29.0. The average Bonchev–Trinajstić information content (AvgIpc) is 3.06. The molecule has 0 fully saturated rings. The molecule has 9 heteroatoms. The van der Waals surface area contributed by atoms with Crippen LogP contribution in [0.5, 0.6) is 11.5 Å². The zero-order valence-corrected chi connectivity index (χ0v) is 26.9. The lowest BCUT2D eigenvalue weighted by Crippen LogP contribution is -2.53. The van der Waals surface area contributed by atoms with Gasteiger partial charge in [0.15, 0.2) is 0 Å². The number of hydrogen-bond donors (Lipinski definition) is 1. The molecule has 0 saturated carbocycles. The lowest BCUT2D eigenvalue weighted by Gasteiger charge is -2.33. The van der Waals surface area contributed by atoms with E-state index in [1.165, 1.54) is 17.0 Å². The topological polar surface area (TPSA) is 96.0 Å². The van der Waals surface area contributed by atoms with Crippen LogP contribution in [-0.4, -0.2) is 50.8 Å². The predicted molar refractivity (Wildman–Crippen MR) is 178 cm³/mol. The van der Waals surface area contributed by atoms with Crippen molar-refractivity contribution in [2.75, 3.05) is 23.9 Å². The van der Waals surface area contributed by atoms with Gasteiger partial charge in [0.1, 0.15) is 24.1 Å².